The Labute approximate surface area is 99.7 Å². The van der Waals surface area contributed by atoms with Gasteiger partial charge in [0.25, 0.3) is 0 Å². The Morgan fingerprint density at radius 1 is 1.12 bits per heavy atom. The highest BCUT2D eigenvalue weighted by Gasteiger charge is 2.46. The zero-order valence-corrected chi connectivity index (χ0v) is 10.8. The van der Waals surface area contributed by atoms with Crippen molar-refractivity contribution in [3.63, 3.8) is 0 Å². The van der Waals surface area contributed by atoms with E-state index in [-0.39, 0.29) is 5.79 Å². The molecule has 1 aliphatic heterocycles. The van der Waals surface area contributed by atoms with Crippen molar-refractivity contribution in [2.75, 3.05) is 13.2 Å². The van der Waals surface area contributed by atoms with E-state index in [0.29, 0.717) is 5.92 Å². The van der Waals surface area contributed by atoms with E-state index in [1.165, 1.54) is 38.5 Å². The zero-order chi connectivity index (χ0) is 11.4. The molecule has 0 radical (unpaired) electrons. The predicted octanol–water partition coefficient (Wildman–Crippen LogP) is 3.75. The molecule has 1 saturated carbocycles. The van der Waals surface area contributed by atoms with E-state index in [1.807, 2.05) is 0 Å². The van der Waals surface area contributed by atoms with E-state index in [2.05, 4.69) is 13.8 Å². The summed E-state index contributed by atoms with van der Waals surface area (Å²) in [5.41, 5.74) is 0. The Morgan fingerprint density at radius 3 is 2.44 bits per heavy atom. The van der Waals surface area contributed by atoms with Gasteiger partial charge in [0.15, 0.2) is 5.79 Å². The topological polar surface area (TPSA) is 18.5 Å². The molecule has 1 aliphatic carbocycles. The van der Waals surface area contributed by atoms with Crippen molar-refractivity contribution in [2.24, 2.45) is 11.8 Å². The first-order chi connectivity index (χ1) is 7.77. The first-order valence-electron chi connectivity index (χ1n) is 7.05. The lowest BCUT2D eigenvalue weighted by Gasteiger charge is -2.35. The molecule has 16 heavy (non-hydrogen) atoms. The van der Waals surface area contributed by atoms with Gasteiger partial charge in [0, 0.05) is 12.3 Å². The average molecular weight is 226 g/mol. The molecule has 2 nitrogen and oxygen atoms in total. The highest BCUT2D eigenvalue weighted by atomic mass is 16.7. The average Bonchev–Trinajstić information content (AvgIpc) is 2.51. The smallest absolute Gasteiger partial charge is 0.171 e. The minimum absolute atomic E-state index is 0.222. The lowest BCUT2D eigenvalue weighted by molar-refractivity contribution is -0.261. The third-order valence-electron chi connectivity index (χ3n) is 4.19. The van der Waals surface area contributed by atoms with Crippen LogP contribution < -0.4 is 0 Å². The summed E-state index contributed by atoms with van der Waals surface area (Å²) >= 11 is 0. The molecule has 2 fully saturated rings. The van der Waals surface area contributed by atoms with Gasteiger partial charge >= 0.3 is 0 Å². The molecule has 1 heterocycles. The van der Waals surface area contributed by atoms with Crippen LogP contribution in [0.1, 0.15) is 58.8 Å². The van der Waals surface area contributed by atoms with Gasteiger partial charge in [-0.1, -0.05) is 26.7 Å². The van der Waals surface area contributed by atoms with Crippen molar-refractivity contribution < 1.29 is 9.47 Å². The van der Waals surface area contributed by atoms with E-state index < -0.39 is 0 Å². The summed E-state index contributed by atoms with van der Waals surface area (Å²) in [4.78, 5) is 0. The molecule has 1 spiro atoms. The Morgan fingerprint density at radius 2 is 1.81 bits per heavy atom. The highest BCUT2D eigenvalue weighted by Crippen LogP contribution is 2.45. The molecule has 2 aliphatic rings. The van der Waals surface area contributed by atoms with Gasteiger partial charge in [0.1, 0.15) is 0 Å². The summed E-state index contributed by atoms with van der Waals surface area (Å²) in [6.45, 7) is 6.36. The van der Waals surface area contributed by atoms with Crippen molar-refractivity contribution in [1.82, 2.24) is 0 Å². The Hall–Kier alpha value is -0.0800. The van der Waals surface area contributed by atoms with Crippen LogP contribution in [0, 0.1) is 11.8 Å². The normalized spacial score (nSPS) is 34.9. The number of hydrogen-bond donors (Lipinski definition) is 0. The standard InChI is InChI=1S/C14H26O2/c1-3-7-13-10-12(2)14(11-13)15-8-5-4-6-9-16-14/h12-13H,3-11H2,1-2H3. The van der Waals surface area contributed by atoms with Crippen molar-refractivity contribution in [3.05, 3.63) is 0 Å². The van der Waals surface area contributed by atoms with Gasteiger partial charge in [0.05, 0.1) is 13.2 Å². The van der Waals surface area contributed by atoms with Gasteiger partial charge in [-0.3, -0.25) is 0 Å². The fraction of sp³-hybridized carbons (Fsp3) is 1.00. The lowest BCUT2D eigenvalue weighted by atomic mass is 10.0. The van der Waals surface area contributed by atoms with E-state index in [9.17, 15) is 0 Å². The molecule has 0 aromatic rings. The molecule has 0 aromatic heterocycles. The molecule has 2 rings (SSSR count). The largest absolute Gasteiger partial charge is 0.350 e. The van der Waals surface area contributed by atoms with Crippen LogP contribution in [-0.4, -0.2) is 19.0 Å². The molecule has 2 heteroatoms. The van der Waals surface area contributed by atoms with Gasteiger partial charge in [-0.2, -0.15) is 0 Å². The highest BCUT2D eigenvalue weighted by molar-refractivity contribution is 4.89. The second-order valence-corrected chi connectivity index (χ2v) is 5.56. The third-order valence-corrected chi connectivity index (χ3v) is 4.19. The first-order valence-corrected chi connectivity index (χ1v) is 7.05. The van der Waals surface area contributed by atoms with Crippen LogP contribution in [0.25, 0.3) is 0 Å². The third kappa shape index (κ3) is 2.60. The second-order valence-electron chi connectivity index (χ2n) is 5.56. The van der Waals surface area contributed by atoms with Crippen LogP contribution in [0.3, 0.4) is 0 Å². The summed E-state index contributed by atoms with van der Waals surface area (Å²) < 4.78 is 12.2. The van der Waals surface area contributed by atoms with Gasteiger partial charge in [-0.25, -0.2) is 0 Å². The Kier molecular flexibility index (Phi) is 4.26. The van der Waals surface area contributed by atoms with Crippen molar-refractivity contribution >= 4 is 0 Å². The Balaban J connectivity index is 1.98. The maximum atomic E-state index is 6.10. The summed E-state index contributed by atoms with van der Waals surface area (Å²) in [5.74, 6) is 1.17. The molecule has 0 bridgehead atoms. The summed E-state index contributed by atoms with van der Waals surface area (Å²) in [6.07, 6.45) is 8.69. The predicted molar refractivity (Wildman–Crippen MR) is 65.3 cm³/mol. The maximum absolute atomic E-state index is 6.10. The quantitative estimate of drug-likeness (QED) is 0.714. The Bertz CT molecular complexity index is 207. The van der Waals surface area contributed by atoms with Gasteiger partial charge in [-0.15, -0.1) is 0 Å². The van der Waals surface area contributed by atoms with Crippen LogP contribution in [0.5, 0.6) is 0 Å². The second kappa shape index (κ2) is 5.50. The minimum Gasteiger partial charge on any atom is -0.350 e. The fourth-order valence-corrected chi connectivity index (χ4v) is 3.31. The van der Waals surface area contributed by atoms with Crippen molar-refractivity contribution in [2.45, 2.75) is 64.6 Å². The van der Waals surface area contributed by atoms with Crippen LogP contribution >= 0.6 is 0 Å². The minimum atomic E-state index is -0.222. The van der Waals surface area contributed by atoms with Crippen molar-refractivity contribution in [1.29, 1.82) is 0 Å². The van der Waals surface area contributed by atoms with Crippen LogP contribution in [0.15, 0.2) is 0 Å². The van der Waals surface area contributed by atoms with Gasteiger partial charge < -0.3 is 9.47 Å². The number of rotatable bonds is 2. The lowest BCUT2D eigenvalue weighted by Crippen LogP contribution is -2.40. The van der Waals surface area contributed by atoms with E-state index in [0.717, 1.165) is 25.6 Å². The van der Waals surface area contributed by atoms with E-state index in [4.69, 9.17) is 9.47 Å². The van der Waals surface area contributed by atoms with E-state index in [1.54, 1.807) is 0 Å². The van der Waals surface area contributed by atoms with Crippen LogP contribution in [0.2, 0.25) is 0 Å². The molecule has 1 saturated heterocycles. The zero-order valence-electron chi connectivity index (χ0n) is 10.8. The first kappa shape index (κ1) is 12.4. The summed E-state index contributed by atoms with van der Waals surface area (Å²) in [5, 5.41) is 0. The van der Waals surface area contributed by atoms with Gasteiger partial charge in [0.2, 0.25) is 0 Å². The molecule has 94 valence electrons. The number of ether oxygens (including phenoxy) is 2. The fourth-order valence-electron chi connectivity index (χ4n) is 3.31. The van der Waals surface area contributed by atoms with Crippen LogP contribution in [-0.2, 0) is 9.47 Å². The van der Waals surface area contributed by atoms with Crippen LogP contribution in [0.4, 0.5) is 0 Å². The summed E-state index contributed by atoms with van der Waals surface area (Å²) in [7, 11) is 0. The maximum Gasteiger partial charge on any atom is 0.171 e. The molecular formula is C14H26O2. The molecular weight excluding hydrogens is 200 g/mol. The van der Waals surface area contributed by atoms with E-state index >= 15 is 0 Å². The van der Waals surface area contributed by atoms with Gasteiger partial charge in [-0.05, 0) is 31.6 Å². The number of hydrogen-bond acceptors (Lipinski definition) is 2. The SMILES string of the molecule is CCCC1CC(C)C2(C1)OCCCCCO2. The summed E-state index contributed by atoms with van der Waals surface area (Å²) in [6, 6.07) is 0. The molecule has 2 unspecified atom stereocenters. The van der Waals surface area contributed by atoms with Crippen molar-refractivity contribution in [3.8, 4) is 0 Å². The molecule has 0 N–H and O–H groups in total. The molecule has 0 aromatic carbocycles. The molecule has 2 atom stereocenters. The molecule has 0 amide bonds. The monoisotopic (exact) mass is 226 g/mol.